The Morgan fingerprint density at radius 1 is 0.944 bits per heavy atom. The fraction of sp³-hybridized carbons (Fsp3) is 0.0625. The van der Waals surface area contributed by atoms with E-state index in [0.29, 0.717) is 5.71 Å². The molecule has 2 nitrogen and oxygen atoms in total. The third-order valence-corrected chi connectivity index (χ3v) is 2.33. The molecule has 0 saturated heterocycles. The maximum atomic E-state index is 4.83. The first-order valence-electron chi connectivity index (χ1n) is 5.64. The van der Waals surface area contributed by atoms with Gasteiger partial charge in [0, 0.05) is 11.1 Å². The minimum Gasteiger partial charge on any atom is -0.398 e. The predicted molar refractivity (Wildman–Crippen MR) is 73.3 cm³/mol. The SMILES string of the molecule is CON=C(C#Cc1ccccc1)c1ccccc1. The van der Waals surface area contributed by atoms with E-state index in [1.54, 1.807) is 0 Å². The second-order valence-corrected chi connectivity index (χ2v) is 3.60. The first-order valence-corrected chi connectivity index (χ1v) is 5.64. The van der Waals surface area contributed by atoms with Crippen LogP contribution in [0, 0.1) is 11.8 Å². The van der Waals surface area contributed by atoms with Crippen molar-refractivity contribution in [3.05, 3.63) is 71.8 Å². The van der Waals surface area contributed by atoms with Gasteiger partial charge in [-0.1, -0.05) is 59.6 Å². The van der Waals surface area contributed by atoms with E-state index in [2.05, 4.69) is 17.0 Å². The molecule has 2 aromatic rings. The molecule has 18 heavy (non-hydrogen) atoms. The van der Waals surface area contributed by atoms with E-state index in [9.17, 15) is 0 Å². The van der Waals surface area contributed by atoms with Gasteiger partial charge in [-0.15, -0.1) is 0 Å². The molecule has 0 aliphatic rings. The molecule has 0 amide bonds. The minimum atomic E-state index is 0.627. The molecule has 88 valence electrons. The maximum absolute atomic E-state index is 4.83. The first kappa shape index (κ1) is 11.9. The second-order valence-electron chi connectivity index (χ2n) is 3.60. The zero-order valence-electron chi connectivity index (χ0n) is 10.1. The molecule has 0 radical (unpaired) electrons. The molecular formula is C16H13NO. The Bertz CT molecular complexity index is 577. The van der Waals surface area contributed by atoms with Gasteiger partial charge in [0.2, 0.25) is 0 Å². The maximum Gasteiger partial charge on any atom is 0.160 e. The highest BCUT2D eigenvalue weighted by Gasteiger charge is 1.99. The Balaban J connectivity index is 2.29. The molecule has 2 rings (SSSR count). The van der Waals surface area contributed by atoms with Crippen LogP contribution >= 0.6 is 0 Å². The summed E-state index contributed by atoms with van der Waals surface area (Å²) in [6.07, 6.45) is 0. The molecule has 0 bridgehead atoms. The summed E-state index contributed by atoms with van der Waals surface area (Å²) in [4.78, 5) is 4.83. The Hall–Kier alpha value is -2.53. The lowest BCUT2D eigenvalue weighted by Gasteiger charge is -1.97. The van der Waals surface area contributed by atoms with E-state index in [-0.39, 0.29) is 0 Å². The standard InChI is InChI=1S/C16H13NO/c1-18-17-16(15-10-6-3-7-11-15)13-12-14-8-4-2-5-9-14/h2-11H,1H3. The molecule has 0 N–H and O–H groups in total. The molecule has 0 spiro atoms. The van der Waals surface area contributed by atoms with Crippen molar-refractivity contribution in [1.29, 1.82) is 0 Å². The van der Waals surface area contributed by atoms with Crippen LogP contribution in [0.4, 0.5) is 0 Å². The van der Waals surface area contributed by atoms with Gasteiger partial charge >= 0.3 is 0 Å². The van der Waals surface area contributed by atoms with E-state index in [1.807, 2.05) is 60.7 Å². The van der Waals surface area contributed by atoms with Crippen molar-refractivity contribution >= 4 is 5.71 Å². The van der Waals surface area contributed by atoms with Gasteiger partial charge in [0.05, 0.1) is 0 Å². The van der Waals surface area contributed by atoms with E-state index < -0.39 is 0 Å². The summed E-state index contributed by atoms with van der Waals surface area (Å²) in [6.45, 7) is 0. The number of hydrogen-bond donors (Lipinski definition) is 0. The number of oxime groups is 1. The quantitative estimate of drug-likeness (QED) is 0.445. The summed E-state index contributed by atoms with van der Waals surface area (Å²) in [5, 5.41) is 3.95. The molecule has 0 aliphatic heterocycles. The largest absolute Gasteiger partial charge is 0.398 e. The lowest BCUT2D eigenvalue weighted by Crippen LogP contribution is -1.97. The fourth-order valence-corrected chi connectivity index (χ4v) is 1.49. The smallest absolute Gasteiger partial charge is 0.160 e. The Morgan fingerprint density at radius 3 is 2.17 bits per heavy atom. The van der Waals surface area contributed by atoms with Gasteiger partial charge < -0.3 is 4.84 Å². The Kier molecular flexibility index (Phi) is 4.16. The van der Waals surface area contributed by atoms with E-state index in [0.717, 1.165) is 11.1 Å². The van der Waals surface area contributed by atoms with Gasteiger partial charge in [0.15, 0.2) is 5.71 Å². The average Bonchev–Trinajstić information content (AvgIpc) is 2.45. The summed E-state index contributed by atoms with van der Waals surface area (Å²) in [5.74, 6) is 6.10. The third-order valence-electron chi connectivity index (χ3n) is 2.33. The van der Waals surface area contributed by atoms with E-state index >= 15 is 0 Å². The number of rotatable bonds is 2. The molecule has 0 aliphatic carbocycles. The zero-order valence-corrected chi connectivity index (χ0v) is 10.1. The lowest BCUT2D eigenvalue weighted by atomic mass is 10.1. The van der Waals surface area contributed by atoms with Gasteiger partial charge in [-0.2, -0.15) is 0 Å². The molecular weight excluding hydrogens is 222 g/mol. The molecule has 0 saturated carbocycles. The molecule has 2 heteroatoms. The van der Waals surface area contributed by atoms with Crippen molar-refractivity contribution < 1.29 is 4.84 Å². The van der Waals surface area contributed by atoms with E-state index in [1.165, 1.54) is 7.11 Å². The van der Waals surface area contributed by atoms with Crippen LogP contribution in [0.5, 0.6) is 0 Å². The van der Waals surface area contributed by atoms with Crippen molar-refractivity contribution in [1.82, 2.24) is 0 Å². The Morgan fingerprint density at radius 2 is 1.56 bits per heavy atom. The highest BCUT2D eigenvalue weighted by atomic mass is 16.6. The fourth-order valence-electron chi connectivity index (χ4n) is 1.49. The molecule has 0 unspecified atom stereocenters. The third kappa shape index (κ3) is 3.23. The van der Waals surface area contributed by atoms with Crippen molar-refractivity contribution in [2.75, 3.05) is 7.11 Å². The van der Waals surface area contributed by atoms with Crippen LogP contribution in [0.1, 0.15) is 11.1 Å². The van der Waals surface area contributed by atoms with Gasteiger partial charge in [-0.05, 0) is 18.1 Å². The molecule has 2 aromatic carbocycles. The van der Waals surface area contributed by atoms with Crippen LogP contribution < -0.4 is 0 Å². The normalized spacial score (nSPS) is 10.4. The van der Waals surface area contributed by atoms with Gasteiger partial charge in [-0.25, -0.2) is 0 Å². The second kappa shape index (κ2) is 6.27. The molecule has 0 heterocycles. The van der Waals surface area contributed by atoms with Crippen molar-refractivity contribution in [2.45, 2.75) is 0 Å². The molecule has 0 aromatic heterocycles. The van der Waals surface area contributed by atoms with Crippen LogP contribution in [-0.2, 0) is 4.84 Å². The summed E-state index contributed by atoms with van der Waals surface area (Å²) >= 11 is 0. The minimum absolute atomic E-state index is 0.627. The van der Waals surface area contributed by atoms with Gasteiger partial charge in [0.1, 0.15) is 7.11 Å². The monoisotopic (exact) mass is 235 g/mol. The lowest BCUT2D eigenvalue weighted by molar-refractivity contribution is 0.214. The summed E-state index contributed by atoms with van der Waals surface area (Å²) < 4.78 is 0. The predicted octanol–water partition coefficient (Wildman–Crippen LogP) is 3.09. The number of nitrogens with zero attached hydrogens (tertiary/aromatic N) is 1. The average molecular weight is 235 g/mol. The van der Waals surface area contributed by atoms with Crippen LogP contribution in [0.2, 0.25) is 0 Å². The highest BCUT2D eigenvalue weighted by Crippen LogP contribution is 2.02. The molecule has 0 atom stereocenters. The van der Waals surface area contributed by atoms with Crippen LogP contribution in [0.15, 0.2) is 65.8 Å². The van der Waals surface area contributed by atoms with E-state index in [4.69, 9.17) is 4.84 Å². The van der Waals surface area contributed by atoms with Crippen LogP contribution in [0.25, 0.3) is 0 Å². The molecule has 0 fully saturated rings. The number of benzene rings is 2. The van der Waals surface area contributed by atoms with Crippen LogP contribution in [0.3, 0.4) is 0 Å². The highest BCUT2D eigenvalue weighted by molar-refractivity contribution is 6.12. The summed E-state index contributed by atoms with van der Waals surface area (Å²) in [7, 11) is 1.52. The zero-order chi connectivity index (χ0) is 12.6. The first-order chi connectivity index (χ1) is 8.90. The summed E-state index contributed by atoms with van der Waals surface area (Å²) in [6, 6.07) is 19.6. The van der Waals surface area contributed by atoms with Crippen molar-refractivity contribution in [2.24, 2.45) is 5.16 Å². The Labute approximate surface area is 107 Å². The van der Waals surface area contributed by atoms with Crippen LogP contribution in [-0.4, -0.2) is 12.8 Å². The van der Waals surface area contributed by atoms with Gasteiger partial charge in [-0.3, -0.25) is 0 Å². The topological polar surface area (TPSA) is 21.6 Å². The van der Waals surface area contributed by atoms with Gasteiger partial charge in [0.25, 0.3) is 0 Å². The number of hydrogen-bond acceptors (Lipinski definition) is 2. The summed E-state index contributed by atoms with van der Waals surface area (Å²) in [5.41, 5.74) is 2.53. The van der Waals surface area contributed by atoms with Crippen molar-refractivity contribution in [3.63, 3.8) is 0 Å². The van der Waals surface area contributed by atoms with Crippen molar-refractivity contribution in [3.8, 4) is 11.8 Å².